The molecule has 10 heteroatoms. The second-order valence-corrected chi connectivity index (χ2v) is 10.3. The van der Waals surface area contributed by atoms with Crippen molar-refractivity contribution >= 4 is 29.2 Å². The van der Waals surface area contributed by atoms with Crippen molar-refractivity contribution in [1.82, 2.24) is 9.55 Å². The molecule has 0 bridgehead atoms. The Morgan fingerprint density at radius 1 is 0.929 bits per heavy atom. The van der Waals surface area contributed by atoms with Crippen LogP contribution in [-0.4, -0.2) is 20.6 Å². The van der Waals surface area contributed by atoms with Gasteiger partial charge >= 0.3 is 12.1 Å². The summed E-state index contributed by atoms with van der Waals surface area (Å²) in [6, 6.07) is 22.9. The van der Waals surface area contributed by atoms with Crippen LogP contribution in [0.2, 0.25) is 10.0 Å². The quantitative estimate of drug-likeness (QED) is 0.190. The number of nitrogens with zero attached hydrogens (tertiary/aromatic N) is 2. The Kier molecular flexibility index (Phi) is 8.29. The van der Waals surface area contributed by atoms with E-state index >= 15 is 0 Å². The number of benzene rings is 4. The van der Waals surface area contributed by atoms with Gasteiger partial charge in [0.2, 0.25) is 0 Å². The number of hydrogen-bond donors (Lipinski definition) is 1. The maximum Gasteiger partial charge on any atom is 0.417 e. The number of aryl methyl sites for hydroxylation is 1. The number of carboxylic acid groups (broad SMARTS) is 1. The molecule has 0 spiro atoms. The molecule has 214 valence electrons. The van der Waals surface area contributed by atoms with E-state index in [1.165, 1.54) is 0 Å². The van der Waals surface area contributed by atoms with Crippen molar-refractivity contribution in [3.05, 3.63) is 124 Å². The van der Waals surface area contributed by atoms with Gasteiger partial charge in [0.15, 0.2) is 0 Å². The van der Waals surface area contributed by atoms with Gasteiger partial charge in [0.25, 0.3) is 0 Å². The summed E-state index contributed by atoms with van der Waals surface area (Å²) >= 11 is 12.4. The van der Waals surface area contributed by atoms with E-state index in [1.807, 2.05) is 49.5 Å². The van der Waals surface area contributed by atoms with Crippen molar-refractivity contribution in [3.63, 3.8) is 0 Å². The third-order valence-electron chi connectivity index (χ3n) is 6.65. The van der Waals surface area contributed by atoms with Crippen LogP contribution >= 0.6 is 23.2 Å². The van der Waals surface area contributed by atoms with Crippen molar-refractivity contribution in [2.75, 3.05) is 0 Å². The molecule has 4 aromatic carbocycles. The van der Waals surface area contributed by atoms with Gasteiger partial charge in [-0.3, -0.25) is 0 Å². The zero-order valence-corrected chi connectivity index (χ0v) is 23.6. The molecule has 0 aliphatic rings. The van der Waals surface area contributed by atoms with Gasteiger partial charge in [0.1, 0.15) is 17.3 Å². The molecule has 42 heavy (non-hydrogen) atoms. The summed E-state index contributed by atoms with van der Waals surface area (Å²) in [7, 11) is 0. The van der Waals surface area contributed by atoms with E-state index in [4.69, 9.17) is 32.9 Å². The van der Waals surface area contributed by atoms with Crippen molar-refractivity contribution in [3.8, 4) is 33.9 Å². The average molecular weight is 611 g/mol. The molecule has 5 rings (SSSR count). The van der Waals surface area contributed by atoms with Crippen molar-refractivity contribution < 1.29 is 27.8 Å². The number of rotatable bonds is 8. The fourth-order valence-corrected chi connectivity index (χ4v) is 5.09. The number of aromatic carboxylic acids is 1. The summed E-state index contributed by atoms with van der Waals surface area (Å²) in [5, 5.41) is 10.4. The van der Waals surface area contributed by atoms with Crippen molar-refractivity contribution in [2.45, 2.75) is 26.1 Å². The third-order valence-corrected chi connectivity index (χ3v) is 7.20. The summed E-state index contributed by atoms with van der Waals surface area (Å²) in [5.41, 5.74) is 2.23. The number of imidazole rings is 1. The summed E-state index contributed by atoms with van der Waals surface area (Å²) in [5.74, 6) is -0.462. The lowest BCUT2D eigenvalue weighted by atomic mass is 10.0. The molecular formula is C32H23Cl2F3N2O3. The first-order chi connectivity index (χ1) is 20.0. The molecule has 0 saturated heterocycles. The number of carbonyl (C=O) groups is 1. The summed E-state index contributed by atoms with van der Waals surface area (Å²) in [6.45, 7) is 2.79. The van der Waals surface area contributed by atoms with Crippen LogP contribution in [-0.2, 0) is 19.1 Å². The Balaban J connectivity index is 1.34. The molecular weight excluding hydrogens is 588 g/mol. The van der Waals surface area contributed by atoms with Crippen LogP contribution in [0.15, 0.2) is 91.1 Å². The van der Waals surface area contributed by atoms with Gasteiger partial charge in [-0.05, 0) is 72.1 Å². The minimum Gasteiger partial charge on any atom is -0.478 e. The van der Waals surface area contributed by atoms with E-state index in [0.29, 0.717) is 28.3 Å². The molecule has 1 aromatic heterocycles. The zero-order valence-electron chi connectivity index (χ0n) is 22.1. The first-order valence-electron chi connectivity index (χ1n) is 12.8. The Labute approximate surface area is 249 Å². The van der Waals surface area contributed by atoms with Crippen LogP contribution in [0.4, 0.5) is 13.2 Å². The second-order valence-electron chi connectivity index (χ2n) is 9.47. The number of aromatic nitrogens is 2. The lowest BCUT2D eigenvalue weighted by Crippen LogP contribution is -2.12. The van der Waals surface area contributed by atoms with Gasteiger partial charge in [-0.1, -0.05) is 59.6 Å². The van der Waals surface area contributed by atoms with Crippen LogP contribution in [0.5, 0.6) is 11.5 Å². The fraction of sp³-hybridized carbons (Fsp3) is 0.125. The van der Waals surface area contributed by atoms with Crippen LogP contribution in [0.25, 0.3) is 22.4 Å². The van der Waals surface area contributed by atoms with Crippen molar-refractivity contribution in [1.29, 1.82) is 0 Å². The van der Waals surface area contributed by atoms with E-state index in [-0.39, 0.29) is 5.75 Å². The Morgan fingerprint density at radius 2 is 1.67 bits per heavy atom. The lowest BCUT2D eigenvalue weighted by Gasteiger charge is -2.13. The Morgan fingerprint density at radius 3 is 2.33 bits per heavy atom. The second kappa shape index (κ2) is 11.9. The summed E-state index contributed by atoms with van der Waals surface area (Å²) < 4.78 is 47.3. The Bertz CT molecular complexity index is 1770. The van der Waals surface area contributed by atoms with Gasteiger partial charge in [0, 0.05) is 29.7 Å². The van der Waals surface area contributed by atoms with Crippen LogP contribution in [0.1, 0.15) is 34.2 Å². The summed E-state index contributed by atoms with van der Waals surface area (Å²) in [6.07, 6.45) is -2.22. The van der Waals surface area contributed by atoms with E-state index < -0.39 is 23.3 Å². The molecule has 0 radical (unpaired) electrons. The van der Waals surface area contributed by atoms with Crippen molar-refractivity contribution in [2.24, 2.45) is 0 Å². The summed E-state index contributed by atoms with van der Waals surface area (Å²) in [4.78, 5) is 16.2. The highest BCUT2D eigenvalue weighted by Crippen LogP contribution is 2.36. The maximum absolute atomic E-state index is 13.2. The first-order valence-corrected chi connectivity index (χ1v) is 13.6. The van der Waals surface area contributed by atoms with Gasteiger partial charge in [0.05, 0.1) is 21.8 Å². The van der Waals surface area contributed by atoms with Crippen LogP contribution < -0.4 is 4.74 Å². The van der Waals surface area contributed by atoms with E-state index in [2.05, 4.69) is 4.57 Å². The van der Waals surface area contributed by atoms with Gasteiger partial charge in [-0.2, -0.15) is 13.2 Å². The minimum absolute atomic E-state index is 0.0152. The van der Waals surface area contributed by atoms with Gasteiger partial charge in [-0.25, -0.2) is 9.78 Å². The van der Waals surface area contributed by atoms with Crippen LogP contribution in [0, 0.1) is 0 Å². The number of hydrogen-bond acceptors (Lipinski definition) is 3. The molecule has 0 saturated carbocycles. The normalized spacial score (nSPS) is 11.5. The predicted octanol–water partition coefficient (Wildman–Crippen LogP) is 9.64. The standard InChI is InChI=1S/C32H23Cl2F3N2O3/c1-2-39-18-29(25-12-10-22(33)16-28(25)34)38-30(39)14-19-6-8-20(9-7-19)21-4-3-5-23(15-21)42-24-11-13-27(32(35,36)37)26(17-24)31(40)41/h3-13,15-18H,2,14H2,1H3,(H,40,41). The number of alkyl halides is 3. The predicted molar refractivity (Wildman–Crippen MR) is 157 cm³/mol. The topological polar surface area (TPSA) is 64.4 Å². The van der Waals surface area contributed by atoms with E-state index in [9.17, 15) is 23.1 Å². The highest BCUT2D eigenvalue weighted by molar-refractivity contribution is 6.36. The molecule has 0 unspecified atom stereocenters. The van der Waals surface area contributed by atoms with Crippen LogP contribution in [0.3, 0.4) is 0 Å². The zero-order chi connectivity index (χ0) is 30.0. The minimum atomic E-state index is -4.79. The molecule has 5 nitrogen and oxygen atoms in total. The number of halogens is 5. The van der Waals surface area contributed by atoms with E-state index in [1.54, 1.807) is 30.3 Å². The molecule has 0 fully saturated rings. The lowest BCUT2D eigenvalue weighted by molar-refractivity contribution is -0.138. The van der Waals surface area contributed by atoms with Gasteiger partial charge < -0.3 is 14.4 Å². The highest BCUT2D eigenvalue weighted by atomic mass is 35.5. The monoisotopic (exact) mass is 610 g/mol. The fourth-order valence-electron chi connectivity index (χ4n) is 4.58. The average Bonchev–Trinajstić information content (AvgIpc) is 3.35. The largest absolute Gasteiger partial charge is 0.478 e. The van der Waals surface area contributed by atoms with E-state index in [0.717, 1.165) is 52.4 Å². The molecule has 5 aromatic rings. The Hall–Kier alpha value is -4.27. The SMILES string of the molecule is CCn1cc(-c2ccc(Cl)cc2Cl)nc1Cc1ccc(-c2cccc(Oc3ccc(C(F)(F)F)c(C(=O)O)c3)c2)cc1. The third kappa shape index (κ3) is 6.45. The molecule has 0 amide bonds. The maximum atomic E-state index is 13.2. The molecule has 1 heterocycles. The molecule has 0 aliphatic carbocycles. The molecule has 0 aliphatic heterocycles. The van der Waals surface area contributed by atoms with Gasteiger partial charge in [-0.15, -0.1) is 0 Å². The molecule has 0 atom stereocenters. The highest BCUT2D eigenvalue weighted by Gasteiger charge is 2.35. The molecule has 1 N–H and O–H groups in total. The smallest absolute Gasteiger partial charge is 0.417 e. The number of ether oxygens (including phenoxy) is 1. The first kappa shape index (κ1) is 29.2. The number of carboxylic acids is 1.